The molecule has 0 heterocycles. The summed E-state index contributed by atoms with van der Waals surface area (Å²) in [7, 11) is 0. The van der Waals surface area contributed by atoms with Crippen LogP contribution in [0.4, 0.5) is 0 Å². The molecule has 0 aromatic heterocycles. The standard InChI is InChI=1S/C8H13NO6S/c9-8(3-16,7(14)15)4(6(12)13)1-2-5(10)11/h4,16H,1-3,9H2,(H,10,11)(H,12,13)(H,14,15)/t4?,8-/m1/s1. The molecule has 92 valence electrons. The maximum atomic E-state index is 10.9. The van der Waals surface area contributed by atoms with E-state index in [2.05, 4.69) is 12.6 Å². The molecule has 0 aromatic rings. The van der Waals surface area contributed by atoms with Crippen molar-refractivity contribution in [3.05, 3.63) is 0 Å². The second-order valence-corrected chi connectivity index (χ2v) is 3.64. The lowest BCUT2D eigenvalue weighted by Gasteiger charge is -2.28. The number of carboxylic acids is 3. The second kappa shape index (κ2) is 5.71. The van der Waals surface area contributed by atoms with Crippen LogP contribution < -0.4 is 5.73 Å². The molecule has 0 aliphatic heterocycles. The Morgan fingerprint density at radius 3 is 2.00 bits per heavy atom. The van der Waals surface area contributed by atoms with Gasteiger partial charge in [0.15, 0.2) is 0 Å². The van der Waals surface area contributed by atoms with Gasteiger partial charge in [0.05, 0.1) is 5.92 Å². The van der Waals surface area contributed by atoms with Gasteiger partial charge in [0.2, 0.25) is 0 Å². The summed E-state index contributed by atoms with van der Waals surface area (Å²) >= 11 is 3.70. The molecular weight excluding hydrogens is 238 g/mol. The summed E-state index contributed by atoms with van der Waals surface area (Å²) in [5.41, 5.74) is 3.36. The molecule has 16 heavy (non-hydrogen) atoms. The van der Waals surface area contributed by atoms with E-state index >= 15 is 0 Å². The third kappa shape index (κ3) is 3.38. The van der Waals surface area contributed by atoms with E-state index < -0.39 is 35.8 Å². The van der Waals surface area contributed by atoms with Crippen molar-refractivity contribution in [3.8, 4) is 0 Å². The van der Waals surface area contributed by atoms with Crippen LogP contribution in [0.3, 0.4) is 0 Å². The summed E-state index contributed by atoms with van der Waals surface area (Å²) in [6.07, 6.45) is -0.814. The maximum absolute atomic E-state index is 10.9. The topological polar surface area (TPSA) is 138 Å². The number of carbonyl (C=O) groups is 3. The Kier molecular flexibility index (Phi) is 5.25. The van der Waals surface area contributed by atoms with Gasteiger partial charge in [-0.2, -0.15) is 12.6 Å². The molecule has 2 atom stereocenters. The molecule has 5 N–H and O–H groups in total. The smallest absolute Gasteiger partial charge is 0.325 e. The summed E-state index contributed by atoms with van der Waals surface area (Å²) in [4.78, 5) is 32.0. The predicted octanol–water partition coefficient (Wildman–Crippen LogP) is -0.736. The fourth-order valence-electron chi connectivity index (χ4n) is 1.20. The molecule has 0 bridgehead atoms. The third-order valence-electron chi connectivity index (χ3n) is 2.23. The van der Waals surface area contributed by atoms with Crippen molar-refractivity contribution in [2.45, 2.75) is 18.4 Å². The van der Waals surface area contributed by atoms with E-state index in [0.29, 0.717) is 0 Å². The van der Waals surface area contributed by atoms with Crippen LogP contribution in [0, 0.1) is 5.92 Å². The van der Waals surface area contributed by atoms with Gasteiger partial charge >= 0.3 is 17.9 Å². The molecule has 0 saturated heterocycles. The summed E-state index contributed by atoms with van der Waals surface area (Å²) in [6.45, 7) is 0. The first-order valence-electron chi connectivity index (χ1n) is 4.33. The molecule has 0 fully saturated rings. The monoisotopic (exact) mass is 251 g/mol. The number of thiol groups is 1. The number of carboxylic acid groups (broad SMARTS) is 3. The fraction of sp³-hybridized carbons (Fsp3) is 0.625. The summed E-state index contributed by atoms with van der Waals surface area (Å²) in [6, 6.07) is 0. The van der Waals surface area contributed by atoms with Crippen molar-refractivity contribution < 1.29 is 29.7 Å². The average molecular weight is 251 g/mol. The minimum atomic E-state index is -2.07. The summed E-state index contributed by atoms with van der Waals surface area (Å²) in [5, 5.41) is 26.1. The van der Waals surface area contributed by atoms with Gasteiger partial charge in [-0.05, 0) is 6.42 Å². The lowest BCUT2D eigenvalue weighted by atomic mass is 9.83. The maximum Gasteiger partial charge on any atom is 0.325 e. The lowest BCUT2D eigenvalue weighted by Crippen LogP contribution is -2.58. The van der Waals surface area contributed by atoms with Crippen LogP contribution in [0.2, 0.25) is 0 Å². The second-order valence-electron chi connectivity index (χ2n) is 3.33. The number of nitrogens with two attached hydrogens (primary N) is 1. The van der Waals surface area contributed by atoms with E-state index in [-0.39, 0.29) is 12.2 Å². The van der Waals surface area contributed by atoms with Crippen molar-refractivity contribution in [1.29, 1.82) is 0 Å². The third-order valence-corrected chi connectivity index (χ3v) is 2.75. The number of hydrogen-bond acceptors (Lipinski definition) is 5. The largest absolute Gasteiger partial charge is 0.481 e. The van der Waals surface area contributed by atoms with Gasteiger partial charge < -0.3 is 21.1 Å². The van der Waals surface area contributed by atoms with Crippen LogP contribution in [0.1, 0.15) is 12.8 Å². The van der Waals surface area contributed by atoms with E-state index in [1.807, 2.05) is 0 Å². The Labute approximate surface area is 96.7 Å². The highest BCUT2D eigenvalue weighted by atomic mass is 32.1. The van der Waals surface area contributed by atoms with Crippen LogP contribution in [0.5, 0.6) is 0 Å². The molecule has 1 unspecified atom stereocenters. The van der Waals surface area contributed by atoms with Crippen molar-refractivity contribution in [2.75, 3.05) is 5.75 Å². The van der Waals surface area contributed by atoms with Gasteiger partial charge in [0.25, 0.3) is 0 Å². The van der Waals surface area contributed by atoms with E-state index in [1.165, 1.54) is 0 Å². The Morgan fingerprint density at radius 1 is 1.25 bits per heavy atom. The highest BCUT2D eigenvalue weighted by Gasteiger charge is 2.45. The Morgan fingerprint density at radius 2 is 1.75 bits per heavy atom. The van der Waals surface area contributed by atoms with E-state index in [4.69, 9.17) is 21.1 Å². The van der Waals surface area contributed by atoms with Crippen molar-refractivity contribution >= 4 is 30.5 Å². The molecule has 0 aromatic carbocycles. The minimum absolute atomic E-state index is 0.353. The molecule has 7 nitrogen and oxygen atoms in total. The van der Waals surface area contributed by atoms with Gasteiger partial charge in [0, 0.05) is 12.2 Å². The van der Waals surface area contributed by atoms with Crippen LogP contribution in [0.15, 0.2) is 0 Å². The van der Waals surface area contributed by atoms with Crippen molar-refractivity contribution in [1.82, 2.24) is 0 Å². The highest BCUT2D eigenvalue weighted by molar-refractivity contribution is 7.80. The zero-order valence-corrected chi connectivity index (χ0v) is 9.18. The van der Waals surface area contributed by atoms with Crippen LogP contribution in [0.25, 0.3) is 0 Å². The van der Waals surface area contributed by atoms with Crippen molar-refractivity contribution in [2.24, 2.45) is 11.7 Å². The fourth-order valence-corrected chi connectivity index (χ4v) is 1.55. The molecule has 8 heteroatoms. The van der Waals surface area contributed by atoms with Crippen LogP contribution in [-0.4, -0.2) is 44.5 Å². The molecule has 0 amide bonds. The lowest BCUT2D eigenvalue weighted by molar-refractivity contribution is -0.155. The van der Waals surface area contributed by atoms with Gasteiger partial charge in [-0.25, -0.2) is 0 Å². The Hall–Kier alpha value is -1.28. The number of hydrogen-bond donors (Lipinski definition) is 5. The first-order chi connectivity index (χ1) is 7.25. The quantitative estimate of drug-likeness (QED) is 0.376. The average Bonchev–Trinajstić information content (AvgIpc) is 2.16. The van der Waals surface area contributed by atoms with Crippen molar-refractivity contribution in [3.63, 3.8) is 0 Å². The normalized spacial score (nSPS) is 16.1. The Balaban J connectivity index is 4.94. The molecule has 0 saturated carbocycles. The molecule has 0 aliphatic rings. The van der Waals surface area contributed by atoms with E-state index in [9.17, 15) is 14.4 Å². The van der Waals surface area contributed by atoms with Gasteiger partial charge in [-0.15, -0.1) is 0 Å². The molecule has 0 radical (unpaired) electrons. The summed E-state index contributed by atoms with van der Waals surface area (Å²) in [5.74, 6) is -6.05. The number of aliphatic carboxylic acids is 3. The predicted molar refractivity (Wildman–Crippen MR) is 56.4 cm³/mol. The number of rotatable bonds is 7. The minimum Gasteiger partial charge on any atom is -0.481 e. The molecule has 0 rings (SSSR count). The van der Waals surface area contributed by atoms with Gasteiger partial charge in [-0.1, -0.05) is 0 Å². The van der Waals surface area contributed by atoms with Gasteiger partial charge in [0.1, 0.15) is 5.54 Å². The van der Waals surface area contributed by atoms with Crippen LogP contribution in [-0.2, 0) is 14.4 Å². The zero-order valence-electron chi connectivity index (χ0n) is 8.29. The molecule has 0 aliphatic carbocycles. The van der Waals surface area contributed by atoms with Gasteiger partial charge in [-0.3, -0.25) is 14.4 Å². The molecule has 0 spiro atoms. The van der Waals surface area contributed by atoms with E-state index in [1.54, 1.807) is 0 Å². The summed E-state index contributed by atoms with van der Waals surface area (Å²) < 4.78 is 0. The highest BCUT2D eigenvalue weighted by Crippen LogP contribution is 2.22. The first kappa shape index (κ1) is 14.7. The Bertz CT molecular complexity index is 307. The van der Waals surface area contributed by atoms with Crippen LogP contribution >= 0.6 is 12.6 Å². The SMILES string of the molecule is N[C@@](CS)(C(=O)O)C(CCC(=O)O)C(=O)O. The van der Waals surface area contributed by atoms with E-state index in [0.717, 1.165) is 0 Å². The first-order valence-corrected chi connectivity index (χ1v) is 4.96. The zero-order chi connectivity index (χ0) is 12.9. The molecular formula is C8H13NO6S.